The van der Waals surface area contributed by atoms with Gasteiger partial charge in [-0.05, 0) is 43.0 Å². The fourth-order valence-corrected chi connectivity index (χ4v) is 3.25. The van der Waals surface area contributed by atoms with E-state index >= 15 is 0 Å². The number of carbonyl (C=O) groups is 1. The van der Waals surface area contributed by atoms with E-state index in [1.165, 1.54) is 23.2 Å². The highest BCUT2D eigenvalue weighted by atomic mass is 19.4. The number of nitrogens with one attached hydrogen (secondary N) is 1. The van der Waals surface area contributed by atoms with Crippen molar-refractivity contribution in [3.05, 3.63) is 76.2 Å². The molecule has 1 aromatic heterocycles. The number of amides is 1. The van der Waals surface area contributed by atoms with E-state index in [1.807, 2.05) is 0 Å². The first kappa shape index (κ1) is 18.3. The zero-order valence-electron chi connectivity index (χ0n) is 14.8. The summed E-state index contributed by atoms with van der Waals surface area (Å²) in [6.45, 7) is 0.341. The monoisotopic (exact) mass is 386 g/mol. The van der Waals surface area contributed by atoms with Crippen LogP contribution in [0.4, 0.5) is 18.9 Å². The standard InChI is InChI=1S/C21H17F3N2O2/c22-21(23,24)14-4-3-5-15(10-14)26(12-13-8-9-13)20(28)18-11-25-19(27)17-7-2-1-6-16(17)18/h1-7,10-11,13H,8-9,12H2,(H,25,27). The van der Waals surface area contributed by atoms with Crippen LogP contribution in [0.5, 0.6) is 0 Å². The molecule has 1 aliphatic carbocycles. The smallest absolute Gasteiger partial charge is 0.328 e. The minimum absolute atomic E-state index is 0.196. The summed E-state index contributed by atoms with van der Waals surface area (Å²) in [5, 5.41) is 0.841. The predicted octanol–water partition coefficient (Wildman–Crippen LogP) is 4.60. The van der Waals surface area contributed by atoms with E-state index in [0.717, 1.165) is 25.0 Å². The van der Waals surface area contributed by atoms with Gasteiger partial charge in [0.05, 0.1) is 11.1 Å². The first-order chi connectivity index (χ1) is 13.3. The molecule has 0 unspecified atom stereocenters. The molecule has 0 saturated heterocycles. The number of carbonyl (C=O) groups excluding carboxylic acids is 1. The predicted molar refractivity (Wildman–Crippen MR) is 100 cm³/mol. The normalized spacial score (nSPS) is 14.2. The van der Waals surface area contributed by atoms with Gasteiger partial charge in [0.15, 0.2) is 0 Å². The van der Waals surface area contributed by atoms with Crippen molar-refractivity contribution in [3.8, 4) is 0 Å². The Kier molecular flexibility index (Phi) is 4.45. The molecular weight excluding hydrogens is 369 g/mol. The Hall–Kier alpha value is -3.09. The second-order valence-electron chi connectivity index (χ2n) is 6.98. The summed E-state index contributed by atoms with van der Waals surface area (Å²) >= 11 is 0. The Morgan fingerprint density at radius 1 is 1.07 bits per heavy atom. The van der Waals surface area contributed by atoms with Gasteiger partial charge in [-0.1, -0.05) is 24.3 Å². The topological polar surface area (TPSA) is 53.2 Å². The number of benzene rings is 2. The lowest BCUT2D eigenvalue weighted by molar-refractivity contribution is -0.137. The molecule has 0 aliphatic heterocycles. The number of nitrogens with zero attached hydrogens (tertiary/aromatic N) is 1. The van der Waals surface area contributed by atoms with E-state index < -0.39 is 17.6 Å². The third kappa shape index (κ3) is 3.52. The van der Waals surface area contributed by atoms with Gasteiger partial charge in [-0.25, -0.2) is 0 Å². The number of halogens is 3. The Morgan fingerprint density at radius 3 is 2.46 bits per heavy atom. The molecule has 1 heterocycles. The molecule has 2 aromatic carbocycles. The summed E-state index contributed by atoms with van der Waals surface area (Å²) in [7, 11) is 0. The van der Waals surface area contributed by atoms with Gasteiger partial charge in [-0.3, -0.25) is 9.59 Å². The first-order valence-corrected chi connectivity index (χ1v) is 8.94. The number of aromatic amines is 1. The van der Waals surface area contributed by atoms with Crippen LogP contribution in [0.15, 0.2) is 59.5 Å². The molecular formula is C21H17F3N2O2. The van der Waals surface area contributed by atoms with Crippen molar-refractivity contribution in [2.24, 2.45) is 5.92 Å². The van der Waals surface area contributed by atoms with Crippen LogP contribution >= 0.6 is 0 Å². The highest BCUT2D eigenvalue weighted by Gasteiger charge is 2.33. The van der Waals surface area contributed by atoms with Crippen molar-refractivity contribution in [1.82, 2.24) is 4.98 Å². The summed E-state index contributed by atoms with van der Waals surface area (Å²) in [6, 6.07) is 11.5. The molecule has 0 spiro atoms. The summed E-state index contributed by atoms with van der Waals surface area (Å²) in [5.41, 5.74) is -0.667. The van der Waals surface area contributed by atoms with Crippen molar-refractivity contribution in [2.75, 3.05) is 11.4 Å². The van der Waals surface area contributed by atoms with E-state index in [-0.39, 0.29) is 22.7 Å². The molecule has 1 N–H and O–H groups in total. The molecule has 0 bridgehead atoms. The van der Waals surface area contributed by atoms with Crippen LogP contribution in [0, 0.1) is 5.92 Å². The second-order valence-corrected chi connectivity index (χ2v) is 6.98. The Labute approximate surface area is 158 Å². The highest BCUT2D eigenvalue weighted by Crippen LogP contribution is 2.35. The number of anilines is 1. The first-order valence-electron chi connectivity index (χ1n) is 8.94. The Bertz CT molecular complexity index is 1100. The molecule has 4 nitrogen and oxygen atoms in total. The number of hydrogen-bond donors (Lipinski definition) is 1. The van der Waals surface area contributed by atoms with Crippen LogP contribution in [0.1, 0.15) is 28.8 Å². The van der Waals surface area contributed by atoms with Crippen LogP contribution in [0.2, 0.25) is 0 Å². The SMILES string of the molecule is O=C(c1c[nH]c(=O)c2ccccc12)N(CC1CC1)c1cccc(C(F)(F)F)c1. The van der Waals surface area contributed by atoms with E-state index in [9.17, 15) is 22.8 Å². The van der Waals surface area contributed by atoms with E-state index in [4.69, 9.17) is 0 Å². The molecule has 1 saturated carbocycles. The van der Waals surface area contributed by atoms with Crippen LogP contribution < -0.4 is 10.5 Å². The van der Waals surface area contributed by atoms with Gasteiger partial charge < -0.3 is 9.88 Å². The molecule has 0 atom stereocenters. The van der Waals surface area contributed by atoms with Crippen LogP contribution in [-0.4, -0.2) is 17.4 Å². The maximum absolute atomic E-state index is 13.3. The third-order valence-electron chi connectivity index (χ3n) is 4.91. The lowest BCUT2D eigenvalue weighted by Gasteiger charge is -2.24. The zero-order chi connectivity index (χ0) is 19.9. The molecule has 3 aromatic rings. The van der Waals surface area contributed by atoms with E-state index in [1.54, 1.807) is 24.3 Å². The van der Waals surface area contributed by atoms with Gasteiger partial charge in [0.25, 0.3) is 11.5 Å². The fraction of sp³-hybridized carbons (Fsp3) is 0.238. The highest BCUT2D eigenvalue weighted by molar-refractivity contribution is 6.13. The minimum atomic E-state index is -4.49. The fourth-order valence-electron chi connectivity index (χ4n) is 3.25. The zero-order valence-corrected chi connectivity index (χ0v) is 14.8. The number of pyridine rings is 1. The minimum Gasteiger partial charge on any atom is -0.328 e. The number of fused-ring (bicyclic) bond motifs is 1. The Balaban J connectivity index is 1.80. The van der Waals surface area contributed by atoms with E-state index in [2.05, 4.69) is 4.98 Å². The number of alkyl halides is 3. The number of hydrogen-bond acceptors (Lipinski definition) is 2. The van der Waals surface area contributed by atoms with Crippen LogP contribution in [0.3, 0.4) is 0 Å². The average molecular weight is 386 g/mol. The Morgan fingerprint density at radius 2 is 1.79 bits per heavy atom. The van der Waals surface area contributed by atoms with Crippen LogP contribution in [0.25, 0.3) is 10.8 Å². The summed E-state index contributed by atoms with van der Waals surface area (Å²) in [6.07, 6.45) is -1.28. The van der Waals surface area contributed by atoms with Gasteiger partial charge in [0.1, 0.15) is 0 Å². The molecule has 1 aliphatic rings. The number of rotatable bonds is 4. The lowest BCUT2D eigenvalue weighted by atomic mass is 10.1. The molecule has 1 amide bonds. The average Bonchev–Trinajstić information content (AvgIpc) is 3.50. The van der Waals surface area contributed by atoms with Gasteiger partial charge in [0.2, 0.25) is 0 Å². The number of aromatic nitrogens is 1. The van der Waals surface area contributed by atoms with Crippen molar-refractivity contribution in [1.29, 1.82) is 0 Å². The lowest BCUT2D eigenvalue weighted by Crippen LogP contribution is -2.33. The van der Waals surface area contributed by atoms with Gasteiger partial charge in [-0.2, -0.15) is 13.2 Å². The quantitative estimate of drug-likeness (QED) is 0.712. The van der Waals surface area contributed by atoms with Gasteiger partial charge in [-0.15, -0.1) is 0 Å². The summed E-state index contributed by atoms with van der Waals surface area (Å²) in [4.78, 5) is 29.3. The second kappa shape index (κ2) is 6.82. The third-order valence-corrected chi connectivity index (χ3v) is 4.91. The van der Waals surface area contributed by atoms with Gasteiger partial charge >= 0.3 is 6.18 Å². The van der Waals surface area contributed by atoms with Crippen LogP contribution in [-0.2, 0) is 6.18 Å². The molecule has 0 radical (unpaired) electrons. The van der Waals surface area contributed by atoms with Gasteiger partial charge in [0, 0.05) is 29.2 Å². The summed E-state index contributed by atoms with van der Waals surface area (Å²) < 4.78 is 39.4. The van der Waals surface area contributed by atoms with Crippen molar-refractivity contribution >= 4 is 22.4 Å². The molecule has 144 valence electrons. The van der Waals surface area contributed by atoms with Crippen molar-refractivity contribution < 1.29 is 18.0 Å². The molecule has 1 fully saturated rings. The maximum atomic E-state index is 13.3. The molecule has 7 heteroatoms. The van der Waals surface area contributed by atoms with Crippen molar-refractivity contribution in [3.63, 3.8) is 0 Å². The largest absolute Gasteiger partial charge is 0.416 e. The van der Waals surface area contributed by atoms with Crippen molar-refractivity contribution in [2.45, 2.75) is 19.0 Å². The number of H-pyrrole nitrogens is 1. The maximum Gasteiger partial charge on any atom is 0.416 e. The van der Waals surface area contributed by atoms with E-state index in [0.29, 0.717) is 17.3 Å². The summed E-state index contributed by atoms with van der Waals surface area (Å²) in [5.74, 6) is -0.161. The molecule has 4 rings (SSSR count). The molecule has 28 heavy (non-hydrogen) atoms.